The molecule has 0 heterocycles. The van der Waals surface area contributed by atoms with E-state index in [4.69, 9.17) is 9.84 Å². The topological polar surface area (TPSA) is 49.7 Å². The molecule has 0 aliphatic heterocycles. The van der Waals surface area contributed by atoms with Gasteiger partial charge >= 0.3 is 0 Å². The van der Waals surface area contributed by atoms with Crippen LogP contribution in [-0.2, 0) is 6.61 Å². The number of ether oxygens (including phenoxy) is 1. The Morgan fingerprint density at radius 3 is 2.46 bits per heavy atom. The molecule has 2 N–H and O–H groups in total. The minimum Gasteiger partial charge on any atom is -0.503 e. The van der Waals surface area contributed by atoms with E-state index in [1.165, 1.54) is 7.11 Å². The molecular formula is C8H8Br2O3. The van der Waals surface area contributed by atoms with Gasteiger partial charge in [-0.15, -0.1) is 0 Å². The molecule has 72 valence electrons. The SMILES string of the molecule is COc1cc(CO)c(Br)c(Br)c1O. The second-order valence-corrected chi connectivity index (χ2v) is 3.96. The molecule has 0 saturated heterocycles. The van der Waals surface area contributed by atoms with E-state index in [1.54, 1.807) is 6.07 Å². The Kier molecular flexibility index (Phi) is 3.58. The summed E-state index contributed by atoms with van der Waals surface area (Å²) in [5.41, 5.74) is 0.654. The minimum atomic E-state index is -0.115. The molecule has 1 rings (SSSR count). The molecule has 0 amide bonds. The predicted molar refractivity (Wildman–Crippen MR) is 56.0 cm³/mol. The van der Waals surface area contributed by atoms with Crippen LogP contribution in [0.15, 0.2) is 15.0 Å². The summed E-state index contributed by atoms with van der Waals surface area (Å²) in [6.45, 7) is -0.115. The monoisotopic (exact) mass is 310 g/mol. The van der Waals surface area contributed by atoms with Crippen molar-refractivity contribution in [1.29, 1.82) is 0 Å². The highest BCUT2D eigenvalue weighted by Gasteiger charge is 2.13. The summed E-state index contributed by atoms with van der Waals surface area (Å²) < 4.78 is 6.03. The third kappa shape index (κ3) is 1.98. The van der Waals surface area contributed by atoms with Crippen LogP contribution in [0.1, 0.15) is 5.56 Å². The standard InChI is InChI=1S/C8H8Br2O3/c1-13-5-2-4(3-11)6(9)7(10)8(5)12/h2,11-12H,3H2,1H3. The molecule has 0 fully saturated rings. The van der Waals surface area contributed by atoms with E-state index in [9.17, 15) is 5.11 Å². The molecule has 3 nitrogen and oxygen atoms in total. The van der Waals surface area contributed by atoms with Crippen LogP contribution in [0.3, 0.4) is 0 Å². The normalized spacial score (nSPS) is 10.2. The van der Waals surface area contributed by atoms with E-state index in [1.807, 2.05) is 0 Å². The van der Waals surface area contributed by atoms with E-state index in [2.05, 4.69) is 31.9 Å². The largest absolute Gasteiger partial charge is 0.503 e. The van der Waals surface area contributed by atoms with Crippen molar-refractivity contribution in [3.63, 3.8) is 0 Å². The Hall–Kier alpha value is -0.260. The van der Waals surface area contributed by atoms with Gasteiger partial charge in [0.2, 0.25) is 0 Å². The highest BCUT2D eigenvalue weighted by Crippen LogP contribution is 2.41. The van der Waals surface area contributed by atoms with Crippen molar-refractivity contribution >= 4 is 31.9 Å². The van der Waals surface area contributed by atoms with Crippen LogP contribution < -0.4 is 4.74 Å². The second-order valence-electron chi connectivity index (χ2n) is 2.37. The summed E-state index contributed by atoms with van der Waals surface area (Å²) in [5, 5.41) is 18.5. The van der Waals surface area contributed by atoms with Gasteiger partial charge in [0.1, 0.15) is 0 Å². The van der Waals surface area contributed by atoms with E-state index >= 15 is 0 Å². The maximum Gasteiger partial charge on any atom is 0.173 e. The molecule has 1 aromatic rings. The van der Waals surface area contributed by atoms with Crippen molar-refractivity contribution in [2.45, 2.75) is 6.61 Å². The lowest BCUT2D eigenvalue weighted by molar-refractivity contribution is 0.279. The molecule has 0 aliphatic carbocycles. The van der Waals surface area contributed by atoms with Gasteiger partial charge in [-0.2, -0.15) is 0 Å². The highest BCUT2D eigenvalue weighted by atomic mass is 79.9. The Bertz CT molecular complexity index is 297. The van der Waals surface area contributed by atoms with E-state index in [0.29, 0.717) is 20.3 Å². The third-order valence-corrected chi connectivity index (χ3v) is 3.82. The maximum atomic E-state index is 9.51. The van der Waals surface area contributed by atoms with Crippen LogP contribution in [0, 0.1) is 0 Å². The average Bonchev–Trinajstić information content (AvgIpc) is 2.15. The molecular weight excluding hydrogens is 304 g/mol. The summed E-state index contributed by atoms with van der Waals surface area (Å²) in [5.74, 6) is 0.353. The van der Waals surface area contributed by atoms with Gasteiger partial charge in [0, 0.05) is 4.47 Å². The molecule has 0 saturated carbocycles. The number of hydrogen-bond acceptors (Lipinski definition) is 3. The number of aliphatic hydroxyl groups excluding tert-OH is 1. The van der Waals surface area contributed by atoms with Crippen molar-refractivity contribution in [2.75, 3.05) is 7.11 Å². The highest BCUT2D eigenvalue weighted by molar-refractivity contribution is 9.13. The average molecular weight is 312 g/mol. The molecule has 0 spiro atoms. The number of phenolic OH excluding ortho intramolecular Hbond substituents is 1. The predicted octanol–water partition coefficient (Wildman–Crippen LogP) is 2.42. The molecule has 13 heavy (non-hydrogen) atoms. The smallest absolute Gasteiger partial charge is 0.173 e. The van der Waals surface area contributed by atoms with Crippen molar-refractivity contribution in [1.82, 2.24) is 0 Å². The van der Waals surface area contributed by atoms with E-state index in [0.717, 1.165) is 0 Å². The summed E-state index contributed by atoms with van der Waals surface area (Å²) >= 11 is 6.41. The van der Waals surface area contributed by atoms with Crippen LogP contribution in [-0.4, -0.2) is 17.3 Å². The van der Waals surface area contributed by atoms with E-state index in [-0.39, 0.29) is 12.4 Å². The maximum absolute atomic E-state index is 9.51. The van der Waals surface area contributed by atoms with Gasteiger partial charge in [0.05, 0.1) is 18.2 Å². The molecule has 0 bridgehead atoms. The quantitative estimate of drug-likeness (QED) is 0.882. The molecule has 5 heteroatoms. The lowest BCUT2D eigenvalue weighted by Gasteiger charge is -2.09. The van der Waals surface area contributed by atoms with Crippen molar-refractivity contribution in [2.24, 2.45) is 0 Å². The fourth-order valence-electron chi connectivity index (χ4n) is 0.914. The zero-order chi connectivity index (χ0) is 10.0. The number of halogens is 2. The van der Waals surface area contributed by atoms with Crippen LogP contribution >= 0.6 is 31.9 Å². The molecule has 0 atom stereocenters. The molecule has 0 unspecified atom stereocenters. The van der Waals surface area contributed by atoms with Gasteiger partial charge in [-0.1, -0.05) is 0 Å². The van der Waals surface area contributed by atoms with Crippen molar-refractivity contribution in [3.05, 3.63) is 20.6 Å². The number of benzene rings is 1. The van der Waals surface area contributed by atoms with Crippen LogP contribution in [0.2, 0.25) is 0 Å². The molecule has 0 radical (unpaired) electrons. The number of hydrogen-bond donors (Lipinski definition) is 2. The van der Waals surface area contributed by atoms with E-state index < -0.39 is 0 Å². The first kappa shape index (κ1) is 10.8. The number of aliphatic hydroxyl groups is 1. The Labute approximate surface area is 92.6 Å². The lowest BCUT2D eigenvalue weighted by atomic mass is 10.2. The molecule has 0 aromatic heterocycles. The van der Waals surface area contributed by atoms with Crippen LogP contribution in [0.25, 0.3) is 0 Å². The Morgan fingerprint density at radius 1 is 1.38 bits per heavy atom. The zero-order valence-corrected chi connectivity index (χ0v) is 10.0. The number of methoxy groups -OCH3 is 1. The third-order valence-electron chi connectivity index (χ3n) is 1.61. The number of phenols is 1. The fourth-order valence-corrected chi connectivity index (χ4v) is 1.79. The van der Waals surface area contributed by atoms with Gasteiger partial charge in [0.15, 0.2) is 11.5 Å². The minimum absolute atomic E-state index is 0.0200. The Morgan fingerprint density at radius 2 is 2.00 bits per heavy atom. The second kappa shape index (κ2) is 4.30. The summed E-state index contributed by atoms with van der Waals surface area (Å²) in [7, 11) is 1.45. The molecule has 0 aliphatic rings. The van der Waals surface area contributed by atoms with Crippen molar-refractivity contribution in [3.8, 4) is 11.5 Å². The van der Waals surface area contributed by atoms with Crippen LogP contribution in [0.4, 0.5) is 0 Å². The van der Waals surface area contributed by atoms with Gasteiger partial charge in [-0.3, -0.25) is 0 Å². The van der Waals surface area contributed by atoms with Gasteiger partial charge < -0.3 is 14.9 Å². The van der Waals surface area contributed by atoms with Crippen LogP contribution in [0.5, 0.6) is 11.5 Å². The first-order valence-corrected chi connectivity index (χ1v) is 5.05. The number of rotatable bonds is 2. The molecule has 1 aromatic carbocycles. The fraction of sp³-hybridized carbons (Fsp3) is 0.250. The summed E-state index contributed by atoms with van der Waals surface area (Å²) in [6, 6.07) is 1.57. The zero-order valence-electron chi connectivity index (χ0n) is 6.84. The lowest BCUT2D eigenvalue weighted by Crippen LogP contribution is -1.91. The van der Waals surface area contributed by atoms with Gasteiger partial charge in [0.25, 0.3) is 0 Å². The first-order chi connectivity index (χ1) is 6.11. The van der Waals surface area contributed by atoms with Gasteiger partial charge in [-0.05, 0) is 43.5 Å². The number of aromatic hydroxyl groups is 1. The summed E-state index contributed by atoms with van der Waals surface area (Å²) in [6.07, 6.45) is 0. The first-order valence-electron chi connectivity index (χ1n) is 3.46. The van der Waals surface area contributed by atoms with Crippen molar-refractivity contribution < 1.29 is 14.9 Å². The summed E-state index contributed by atoms with van der Waals surface area (Å²) in [4.78, 5) is 0. The Balaban J connectivity index is 3.36. The van der Waals surface area contributed by atoms with Gasteiger partial charge in [-0.25, -0.2) is 0 Å².